The number of carbonyl (C=O) groups is 1. The monoisotopic (exact) mass is 364 g/mol. The van der Waals surface area contributed by atoms with E-state index in [9.17, 15) is 4.79 Å². The van der Waals surface area contributed by atoms with Crippen LogP contribution in [0.3, 0.4) is 0 Å². The molecule has 2 saturated heterocycles. The van der Waals surface area contributed by atoms with Gasteiger partial charge in [-0.15, -0.1) is 0 Å². The molecule has 2 heterocycles. The van der Waals surface area contributed by atoms with E-state index in [0.717, 1.165) is 38.2 Å². The van der Waals surface area contributed by atoms with E-state index in [1.54, 1.807) is 7.11 Å². The van der Waals surface area contributed by atoms with Crippen molar-refractivity contribution in [2.75, 3.05) is 20.2 Å². The quantitative estimate of drug-likeness (QED) is 0.901. The van der Waals surface area contributed by atoms with Gasteiger partial charge in [0.05, 0.1) is 12.6 Å². The number of carbonyl (C=O) groups excluding carboxylic acids is 1. The average molecular weight is 364 g/mol. The second-order valence-electron chi connectivity index (χ2n) is 8.01. The smallest absolute Gasteiger partial charge is 0.220 e. The van der Waals surface area contributed by atoms with Crippen molar-refractivity contribution in [3.8, 4) is 5.75 Å². The third-order valence-corrected chi connectivity index (χ3v) is 6.06. The van der Waals surface area contributed by atoms with E-state index in [0.29, 0.717) is 12.3 Å². The topological polar surface area (TPSA) is 41.6 Å². The lowest BCUT2D eigenvalue weighted by atomic mass is 9.76. The fraction of sp³-hybridized carbons (Fsp3) is 0.435. The number of ether oxygens (including phenoxy) is 1. The number of hydrogen-bond acceptors (Lipinski definition) is 3. The summed E-state index contributed by atoms with van der Waals surface area (Å²) in [6.07, 6.45) is 2.66. The Morgan fingerprint density at radius 3 is 2.78 bits per heavy atom. The standard InChI is InChI=1S/C23H28N2O2/c1-17-10-11-21(27-2)19(13-17)14-25-15-20(18-7-4-3-5-8-18)23(16-25)12-6-9-22(26)24-23/h3-5,7-8,10-11,13,20H,6,9,12,14-16H2,1-2H3,(H,24,26)/t20-,23+/m0/s1. The van der Waals surface area contributed by atoms with Crippen molar-refractivity contribution in [2.24, 2.45) is 0 Å². The first kappa shape index (κ1) is 18.1. The maximum atomic E-state index is 12.3. The van der Waals surface area contributed by atoms with E-state index in [-0.39, 0.29) is 11.4 Å². The van der Waals surface area contributed by atoms with Crippen molar-refractivity contribution in [3.05, 3.63) is 65.2 Å². The molecule has 0 unspecified atom stereocenters. The van der Waals surface area contributed by atoms with Crippen LogP contribution in [0.1, 0.15) is 41.9 Å². The molecule has 0 saturated carbocycles. The molecule has 2 aliphatic heterocycles. The molecule has 2 fully saturated rings. The lowest BCUT2D eigenvalue weighted by molar-refractivity contribution is -0.125. The molecule has 142 valence electrons. The van der Waals surface area contributed by atoms with Crippen LogP contribution in [0.15, 0.2) is 48.5 Å². The first-order chi connectivity index (χ1) is 13.1. The molecule has 0 radical (unpaired) electrons. The largest absolute Gasteiger partial charge is 0.496 e. The average Bonchev–Trinajstić information content (AvgIpc) is 2.99. The van der Waals surface area contributed by atoms with Gasteiger partial charge in [0.25, 0.3) is 0 Å². The van der Waals surface area contributed by atoms with Crippen LogP contribution >= 0.6 is 0 Å². The zero-order chi connectivity index (χ0) is 18.9. The molecule has 2 atom stereocenters. The Hall–Kier alpha value is -2.33. The minimum absolute atomic E-state index is 0.159. The van der Waals surface area contributed by atoms with Gasteiger partial charge in [-0.1, -0.05) is 48.0 Å². The van der Waals surface area contributed by atoms with Gasteiger partial charge < -0.3 is 10.1 Å². The molecule has 2 aliphatic rings. The second kappa shape index (κ2) is 7.35. The van der Waals surface area contributed by atoms with Crippen LogP contribution in [0.5, 0.6) is 5.75 Å². The number of methoxy groups -OCH3 is 1. The van der Waals surface area contributed by atoms with Crippen molar-refractivity contribution in [1.29, 1.82) is 0 Å². The molecule has 4 rings (SSSR count). The van der Waals surface area contributed by atoms with Gasteiger partial charge in [0.2, 0.25) is 5.91 Å². The number of hydrogen-bond donors (Lipinski definition) is 1. The Morgan fingerprint density at radius 1 is 1.22 bits per heavy atom. The Morgan fingerprint density at radius 2 is 2.04 bits per heavy atom. The minimum atomic E-state index is -0.159. The third-order valence-electron chi connectivity index (χ3n) is 6.06. The van der Waals surface area contributed by atoms with Crippen LogP contribution in [-0.4, -0.2) is 36.5 Å². The van der Waals surface area contributed by atoms with Crippen LogP contribution in [-0.2, 0) is 11.3 Å². The maximum Gasteiger partial charge on any atom is 0.220 e. The summed E-state index contributed by atoms with van der Waals surface area (Å²) in [7, 11) is 1.73. The van der Waals surface area contributed by atoms with Gasteiger partial charge >= 0.3 is 0 Å². The summed E-state index contributed by atoms with van der Waals surface area (Å²) in [6, 6.07) is 17.0. The highest BCUT2D eigenvalue weighted by Crippen LogP contribution is 2.42. The molecular weight excluding hydrogens is 336 g/mol. The zero-order valence-electron chi connectivity index (χ0n) is 16.2. The molecule has 0 aliphatic carbocycles. The predicted molar refractivity (Wildman–Crippen MR) is 107 cm³/mol. The summed E-state index contributed by atoms with van der Waals surface area (Å²) in [5.41, 5.74) is 3.61. The van der Waals surface area contributed by atoms with E-state index < -0.39 is 0 Å². The van der Waals surface area contributed by atoms with Crippen LogP contribution in [0.4, 0.5) is 0 Å². The predicted octanol–water partition coefficient (Wildman–Crippen LogP) is 3.64. The van der Waals surface area contributed by atoms with Gasteiger partial charge in [-0.25, -0.2) is 0 Å². The molecule has 4 heteroatoms. The Bertz CT molecular complexity index is 820. The fourth-order valence-electron chi connectivity index (χ4n) is 4.86. The van der Waals surface area contributed by atoms with E-state index in [1.807, 2.05) is 6.07 Å². The summed E-state index contributed by atoms with van der Waals surface area (Å²) in [4.78, 5) is 14.7. The molecule has 27 heavy (non-hydrogen) atoms. The van der Waals surface area contributed by atoms with Gasteiger partial charge in [-0.3, -0.25) is 9.69 Å². The molecule has 0 bridgehead atoms. The Labute approximate surface area is 161 Å². The van der Waals surface area contributed by atoms with Gasteiger partial charge in [0.15, 0.2) is 0 Å². The van der Waals surface area contributed by atoms with Crippen LogP contribution in [0, 0.1) is 6.92 Å². The third kappa shape index (κ3) is 3.59. The van der Waals surface area contributed by atoms with Crippen molar-refractivity contribution in [1.82, 2.24) is 10.2 Å². The number of piperidine rings is 1. The molecule has 1 spiro atoms. The second-order valence-corrected chi connectivity index (χ2v) is 8.01. The van der Waals surface area contributed by atoms with E-state index in [2.05, 4.69) is 59.6 Å². The van der Waals surface area contributed by atoms with Gasteiger partial charge in [-0.05, 0) is 31.4 Å². The summed E-state index contributed by atoms with van der Waals surface area (Å²) >= 11 is 0. The Balaban J connectivity index is 1.63. The number of amides is 1. The molecule has 1 amide bonds. The molecule has 2 aromatic carbocycles. The molecule has 2 aromatic rings. The summed E-state index contributed by atoms with van der Waals surface area (Å²) in [5.74, 6) is 1.45. The summed E-state index contributed by atoms with van der Waals surface area (Å²) < 4.78 is 5.58. The highest BCUT2D eigenvalue weighted by Gasteiger charge is 2.49. The molecule has 0 aromatic heterocycles. The van der Waals surface area contributed by atoms with E-state index in [1.165, 1.54) is 16.7 Å². The number of nitrogens with zero attached hydrogens (tertiary/aromatic N) is 1. The molecule has 4 nitrogen and oxygen atoms in total. The fourth-order valence-corrected chi connectivity index (χ4v) is 4.86. The number of aryl methyl sites for hydroxylation is 1. The normalized spacial score (nSPS) is 25.6. The number of rotatable bonds is 4. The number of benzene rings is 2. The van der Waals surface area contributed by atoms with Crippen molar-refractivity contribution >= 4 is 5.91 Å². The van der Waals surface area contributed by atoms with Crippen LogP contribution in [0.25, 0.3) is 0 Å². The highest BCUT2D eigenvalue weighted by molar-refractivity contribution is 5.78. The zero-order valence-corrected chi connectivity index (χ0v) is 16.2. The van der Waals surface area contributed by atoms with Crippen LogP contribution in [0.2, 0.25) is 0 Å². The van der Waals surface area contributed by atoms with Gasteiger partial charge in [0.1, 0.15) is 5.75 Å². The van der Waals surface area contributed by atoms with Gasteiger partial charge in [-0.2, -0.15) is 0 Å². The van der Waals surface area contributed by atoms with Crippen LogP contribution < -0.4 is 10.1 Å². The first-order valence-corrected chi connectivity index (χ1v) is 9.81. The number of likely N-dealkylation sites (tertiary alicyclic amines) is 1. The summed E-state index contributed by atoms with van der Waals surface area (Å²) in [6.45, 7) is 4.78. The highest BCUT2D eigenvalue weighted by atomic mass is 16.5. The van der Waals surface area contributed by atoms with Crippen molar-refractivity contribution < 1.29 is 9.53 Å². The Kier molecular flexibility index (Phi) is 4.92. The number of nitrogens with one attached hydrogen (secondary N) is 1. The lowest BCUT2D eigenvalue weighted by Crippen LogP contribution is -2.56. The summed E-state index contributed by atoms with van der Waals surface area (Å²) in [5, 5.41) is 3.38. The lowest BCUT2D eigenvalue weighted by Gasteiger charge is -2.39. The minimum Gasteiger partial charge on any atom is -0.496 e. The molecular formula is C23H28N2O2. The van der Waals surface area contributed by atoms with E-state index >= 15 is 0 Å². The maximum absolute atomic E-state index is 12.3. The SMILES string of the molecule is COc1ccc(C)cc1CN1C[C@@H](c2ccccc2)[C@@]2(CCCC(=O)N2)C1. The first-order valence-electron chi connectivity index (χ1n) is 9.81. The van der Waals surface area contributed by atoms with E-state index in [4.69, 9.17) is 4.74 Å². The molecule has 1 N–H and O–H groups in total. The van der Waals surface area contributed by atoms with Gasteiger partial charge in [0, 0.05) is 37.5 Å². The van der Waals surface area contributed by atoms with Crippen molar-refractivity contribution in [2.45, 2.75) is 44.2 Å². The van der Waals surface area contributed by atoms with Crippen molar-refractivity contribution in [3.63, 3.8) is 0 Å².